The van der Waals surface area contributed by atoms with E-state index in [0.29, 0.717) is 6.10 Å². The van der Waals surface area contributed by atoms with Gasteiger partial charge >= 0.3 is 0 Å². The van der Waals surface area contributed by atoms with Crippen molar-refractivity contribution in [2.75, 3.05) is 39.8 Å². The first-order valence-corrected chi connectivity index (χ1v) is 5.21. The van der Waals surface area contributed by atoms with Gasteiger partial charge in [-0.05, 0) is 26.4 Å². The molecule has 1 N–H and O–H groups in total. The van der Waals surface area contributed by atoms with E-state index >= 15 is 0 Å². The first-order valence-electron chi connectivity index (χ1n) is 5.21. The van der Waals surface area contributed by atoms with Gasteiger partial charge in [0, 0.05) is 19.6 Å². The number of morpholine rings is 1. The summed E-state index contributed by atoms with van der Waals surface area (Å²) in [4.78, 5) is 2.50. The van der Waals surface area contributed by atoms with Crippen LogP contribution in [0.25, 0.3) is 0 Å². The molecule has 1 fully saturated rings. The molecule has 0 spiro atoms. The minimum Gasteiger partial charge on any atom is -0.376 e. The Morgan fingerprint density at radius 2 is 2.38 bits per heavy atom. The van der Waals surface area contributed by atoms with Crippen molar-refractivity contribution in [3.05, 3.63) is 0 Å². The van der Waals surface area contributed by atoms with Crippen LogP contribution in [0.1, 0.15) is 13.8 Å². The van der Waals surface area contributed by atoms with Gasteiger partial charge in [0.25, 0.3) is 0 Å². The van der Waals surface area contributed by atoms with E-state index in [1.54, 1.807) is 0 Å². The third-order valence-corrected chi connectivity index (χ3v) is 2.45. The molecule has 0 bridgehead atoms. The number of rotatable bonds is 4. The number of hydrogen-bond donors (Lipinski definition) is 1. The Hall–Kier alpha value is -0.120. The normalized spacial score (nSPS) is 27.5. The number of nitrogens with one attached hydrogen (secondary N) is 1. The summed E-state index contributed by atoms with van der Waals surface area (Å²) in [6.45, 7) is 9.81. The highest BCUT2D eigenvalue weighted by Crippen LogP contribution is 2.06. The highest BCUT2D eigenvalue weighted by molar-refractivity contribution is 4.70. The largest absolute Gasteiger partial charge is 0.376 e. The molecular formula is C10H22N2O. The van der Waals surface area contributed by atoms with Gasteiger partial charge < -0.3 is 10.1 Å². The molecule has 1 heterocycles. The lowest BCUT2D eigenvalue weighted by Crippen LogP contribution is -2.44. The van der Waals surface area contributed by atoms with Crippen LogP contribution in [0.2, 0.25) is 0 Å². The molecule has 2 unspecified atom stereocenters. The zero-order chi connectivity index (χ0) is 9.68. The van der Waals surface area contributed by atoms with Crippen molar-refractivity contribution >= 4 is 0 Å². The van der Waals surface area contributed by atoms with Crippen LogP contribution in [0.5, 0.6) is 0 Å². The van der Waals surface area contributed by atoms with Crippen LogP contribution in [0.3, 0.4) is 0 Å². The maximum Gasteiger partial charge on any atom is 0.0674 e. The fraction of sp³-hybridized carbons (Fsp3) is 1.00. The minimum absolute atomic E-state index is 0.413. The van der Waals surface area contributed by atoms with E-state index in [1.807, 2.05) is 7.05 Å². The summed E-state index contributed by atoms with van der Waals surface area (Å²) in [6.07, 6.45) is 0.413. The Morgan fingerprint density at radius 1 is 1.62 bits per heavy atom. The molecule has 0 aromatic carbocycles. The standard InChI is InChI=1S/C10H22N2O/c1-9(6-11-3)7-12-4-5-13-10(2)8-12/h9-11H,4-8H2,1-3H3. The van der Waals surface area contributed by atoms with Crippen LogP contribution in [-0.4, -0.2) is 50.8 Å². The lowest BCUT2D eigenvalue weighted by Gasteiger charge is -2.32. The van der Waals surface area contributed by atoms with E-state index in [0.717, 1.165) is 32.2 Å². The molecule has 1 aliphatic rings. The molecule has 1 saturated heterocycles. The molecule has 1 rings (SSSR count). The van der Waals surface area contributed by atoms with E-state index < -0.39 is 0 Å². The van der Waals surface area contributed by atoms with Gasteiger partial charge in [0.15, 0.2) is 0 Å². The molecule has 0 aromatic heterocycles. The topological polar surface area (TPSA) is 24.5 Å². The van der Waals surface area contributed by atoms with Crippen LogP contribution in [0.15, 0.2) is 0 Å². The Balaban J connectivity index is 2.19. The second kappa shape index (κ2) is 5.58. The smallest absolute Gasteiger partial charge is 0.0674 e. The Bertz CT molecular complexity index is 141. The van der Waals surface area contributed by atoms with E-state index in [4.69, 9.17) is 4.74 Å². The van der Waals surface area contributed by atoms with E-state index in [2.05, 4.69) is 24.1 Å². The van der Waals surface area contributed by atoms with Gasteiger partial charge in [-0.25, -0.2) is 0 Å². The van der Waals surface area contributed by atoms with Crippen LogP contribution >= 0.6 is 0 Å². The molecule has 0 saturated carbocycles. The maximum absolute atomic E-state index is 5.49. The lowest BCUT2D eigenvalue weighted by atomic mass is 10.1. The molecule has 3 heteroatoms. The van der Waals surface area contributed by atoms with Crippen LogP contribution in [0, 0.1) is 5.92 Å². The van der Waals surface area contributed by atoms with Gasteiger partial charge in [0.1, 0.15) is 0 Å². The Morgan fingerprint density at radius 3 is 3.00 bits per heavy atom. The van der Waals surface area contributed by atoms with Crippen LogP contribution in [-0.2, 0) is 4.74 Å². The van der Waals surface area contributed by atoms with Gasteiger partial charge in [0.2, 0.25) is 0 Å². The van der Waals surface area contributed by atoms with Crippen LogP contribution in [0.4, 0.5) is 0 Å². The SMILES string of the molecule is CNCC(C)CN1CCOC(C)C1. The predicted octanol–water partition coefficient (Wildman–Crippen LogP) is 0.563. The summed E-state index contributed by atoms with van der Waals surface area (Å²) in [6, 6.07) is 0. The summed E-state index contributed by atoms with van der Waals surface area (Å²) < 4.78 is 5.49. The van der Waals surface area contributed by atoms with E-state index in [-0.39, 0.29) is 0 Å². The first-order chi connectivity index (χ1) is 6.22. The lowest BCUT2D eigenvalue weighted by molar-refractivity contribution is -0.0221. The zero-order valence-electron chi connectivity index (χ0n) is 9.05. The van der Waals surface area contributed by atoms with Gasteiger partial charge in [-0.3, -0.25) is 4.90 Å². The van der Waals surface area contributed by atoms with Crippen LogP contribution < -0.4 is 5.32 Å². The first kappa shape index (κ1) is 11.0. The maximum atomic E-state index is 5.49. The summed E-state index contributed by atoms with van der Waals surface area (Å²) in [5.74, 6) is 0.732. The van der Waals surface area contributed by atoms with E-state index in [9.17, 15) is 0 Å². The Kier molecular flexibility index (Phi) is 4.70. The van der Waals surface area contributed by atoms with E-state index in [1.165, 1.54) is 6.54 Å². The third kappa shape index (κ3) is 4.07. The minimum atomic E-state index is 0.413. The summed E-state index contributed by atoms with van der Waals surface area (Å²) >= 11 is 0. The summed E-state index contributed by atoms with van der Waals surface area (Å²) in [5, 5.41) is 3.21. The fourth-order valence-electron chi connectivity index (χ4n) is 1.91. The molecule has 78 valence electrons. The average Bonchev–Trinajstić information content (AvgIpc) is 2.04. The molecule has 1 aliphatic heterocycles. The molecule has 0 radical (unpaired) electrons. The predicted molar refractivity (Wildman–Crippen MR) is 54.9 cm³/mol. The molecule has 0 aromatic rings. The highest BCUT2D eigenvalue weighted by Gasteiger charge is 2.17. The van der Waals surface area contributed by atoms with Crippen molar-refractivity contribution in [2.45, 2.75) is 20.0 Å². The summed E-state index contributed by atoms with van der Waals surface area (Å²) in [5.41, 5.74) is 0. The summed E-state index contributed by atoms with van der Waals surface area (Å²) in [7, 11) is 2.01. The molecule has 0 aliphatic carbocycles. The Labute approximate surface area is 81.4 Å². The molecular weight excluding hydrogens is 164 g/mol. The van der Waals surface area contributed by atoms with Crippen molar-refractivity contribution in [1.82, 2.24) is 10.2 Å². The third-order valence-electron chi connectivity index (χ3n) is 2.45. The average molecular weight is 186 g/mol. The van der Waals surface area contributed by atoms with Gasteiger partial charge in [-0.2, -0.15) is 0 Å². The van der Waals surface area contributed by atoms with Crippen molar-refractivity contribution in [3.8, 4) is 0 Å². The van der Waals surface area contributed by atoms with Crippen molar-refractivity contribution in [3.63, 3.8) is 0 Å². The van der Waals surface area contributed by atoms with Crippen molar-refractivity contribution < 1.29 is 4.74 Å². The number of ether oxygens (including phenoxy) is 1. The molecule has 3 nitrogen and oxygen atoms in total. The highest BCUT2D eigenvalue weighted by atomic mass is 16.5. The second-order valence-electron chi connectivity index (χ2n) is 4.10. The van der Waals surface area contributed by atoms with Gasteiger partial charge in [0.05, 0.1) is 12.7 Å². The van der Waals surface area contributed by atoms with Gasteiger partial charge in [-0.1, -0.05) is 6.92 Å². The van der Waals surface area contributed by atoms with Crippen molar-refractivity contribution in [2.24, 2.45) is 5.92 Å². The number of hydrogen-bond acceptors (Lipinski definition) is 3. The molecule has 0 amide bonds. The molecule has 2 atom stereocenters. The van der Waals surface area contributed by atoms with Gasteiger partial charge in [-0.15, -0.1) is 0 Å². The second-order valence-corrected chi connectivity index (χ2v) is 4.10. The zero-order valence-corrected chi connectivity index (χ0v) is 9.05. The van der Waals surface area contributed by atoms with Crippen molar-refractivity contribution in [1.29, 1.82) is 0 Å². The monoisotopic (exact) mass is 186 g/mol. The number of nitrogens with zero attached hydrogens (tertiary/aromatic N) is 1. The molecule has 13 heavy (non-hydrogen) atoms. The quantitative estimate of drug-likeness (QED) is 0.694. The fourth-order valence-corrected chi connectivity index (χ4v) is 1.91.